The molecule has 0 atom stereocenters. The number of anilines is 2. The van der Waals surface area contributed by atoms with E-state index in [0.717, 1.165) is 11.6 Å². The summed E-state index contributed by atoms with van der Waals surface area (Å²) in [6, 6.07) is 12.1. The van der Waals surface area contributed by atoms with Gasteiger partial charge in [-0.05, 0) is 49.0 Å². The minimum atomic E-state index is -4.47. The summed E-state index contributed by atoms with van der Waals surface area (Å²) in [7, 11) is 0. The van der Waals surface area contributed by atoms with Gasteiger partial charge in [0.15, 0.2) is 5.11 Å². The second-order valence-corrected chi connectivity index (χ2v) is 5.34. The number of benzene rings is 2. The molecule has 0 amide bonds. The maximum atomic E-state index is 12.9. The predicted molar refractivity (Wildman–Crippen MR) is 93.9 cm³/mol. The zero-order chi connectivity index (χ0) is 17.7. The van der Waals surface area contributed by atoms with Gasteiger partial charge in [0.1, 0.15) is 0 Å². The van der Waals surface area contributed by atoms with E-state index in [1.165, 1.54) is 18.2 Å². The lowest BCUT2D eigenvalue weighted by Crippen LogP contribution is -2.26. The molecule has 0 unspecified atom stereocenters. The first-order chi connectivity index (χ1) is 11.3. The fourth-order valence-corrected chi connectivity index (χ4v) is 2.11. The summed E-state index contributed by atoms with van der Waals surface area (Å²) >= 11 is 4.99. The van der Waals surface area contributed by atoms with Crippen molar-refractivity contribution in [2.75, 3.05) is 11.1 Å². The topological polar surface area (TPSA) is 62.4 Å². The molecule has 0 saturated heterocycles. The maximum absolute atomic E-state index is 12.9. The number of nitrogens with two attached hydrogens (primary N) is 1. The summed E-state index contributed by atoms with van der Waals surface area (Å²) < 4.78 is 38.8. The molecule has 0 saturated carbocycles. The van der Waals surface area contributed by atoms with Crippen molar-refractivity contribution in [1.29, 1.82) is 0 Å². The van der Waals surface area contributed by atoms with Crippen LogP contribution in [-0.2, 0) is 6.18 Å². The second kappa shape index (κ2) is 7.31. The molecule has 0 aromatic heterocycles. The van der Waals surface area contributed by atoms with Gasteiger partial charge in [-0.2, -0.15) is 18.3 Å². The Bertz CT molecular complexity index is 772. The molecule has 2 aromatic carbocycles. The molecule has 0 bridgehead atoms. The van der Waals surface area contributed by atoms with E-state index >= 15 is 0 Å². The number of alkyl halides is 3. The first-order valence-corrected chi connectivity index (χ1v) is 7.31. The van der Waals surface area contributed by atoms with Crippen LogP contribution < -0.4 is 16.5 Å². The molecule has 2 aromatic rings. The third kappa shape index (κ3) is 4.69. The zero-order valence-corrected chi connectivity index (χ0v) is 13.5. The fraction of sp³-hybridized carbons (Fsp3) is 0.125. The van der Waals surface area contributed by atoms with Crippen LogP contribution in [0.3, 0.4) is 0 Å². The van der Waals surface area contributed by atoms with Gasteiger partial charge in [0, 0.05) is 5.69 Å². The minimum Gasteiger partial charge on any atom is -0.399 e. The van der Waals surface area contributed by atoms with Crippen molar-refractivity contribution in [1.82, 2.24) is 5.43 Å². The van der Waals surface area contributed by atoms with Crippen LogP contribution in [0.15, 0.2) is 53.6 Å². The molecule has 0 heterocycles. The highest BCUT2D eigenvalue weighted by Crippen LogP contribution is 2.34. The summed E-state index contributed by atoms with van der Waals surface area (Å²) in [5, 5.41) is 6.51. The minimum absolute atomic E-state index is 0.0463. The Balaban J connectivity index is 2.08. The van der Waals surface area contributed by atoms with Crippen LogP contribution in [-0.4, -0.2) is 10.8 Å². The highest BCUT2D eigenvalue weighted by Gasteiger charge is 2.33. The Morgan fingerprint density at radius 2 is 1.83 bits per heavy atom. The largest absolute Gasteiger partial charge is 0.418 e. The fourth-order valence-electron chi connectivity index (χ4n) is 1.95. The number of hydrogen-bond donors (Lipinski definition) is 3. The SMILES string of the molecule is C/C(=N/NC(=S)Nc1ccccc1C(F)(F)F)c1cccc(N)c1. The Kier molecular flexibility index (Phi) is 5.40. The number of hydrogen-bond acceptors (Lipinski definition) is 3. The Morgan fingerprint density at radius 1 is 1.12 bits per heavy atom. The first kappa shape index (κ1) is 17.7. The molecular formula is C16H15F3N4S. The number of thiocarbonyl (C=S) groups is 1. The van der Waals surface area contributed by atoms with Crippen LogP contribution in [0.2, 0.25) is 0 Å². The van der Waals surface area contributed by atoms with E-state index in [4.69, 9.17) is 18.0 Å². The van der Waals surface area contributed by atoms with Gasteiger partial charge in [-0.3, -0.25) is 5.43 Å². The van der Waals surface area contributed by atoms with Gasteiger partial charge in [-0.25, -0.2) is 0 Å². The molecule has 0 aliphatic carbocycles. The van der Waals surface area contributed by atoms with Gasteiger partial charge in [0.2, 0.25) is 0 Å². The summed E-state index contributed by atoms with van der Waals surface area (Å²) in [6.45, 7) is 1.73. The normalized spacial score (nSPS) is 11.9. The number of para-hydroxylation sites is 1. The molecule has 0 aliphatic heterocycles. The van der Waals surface area contributed by atoms with E-state index in [1.807, 2.05) is 6.07 Å². The molecule has 2 rings (SSSR count). The van der Waals surface area contributed by atoms with Gasteiger partial charge in [0.25, 0.3) is 0 Å². The van der Waals surface area contributed by atoms with E-state index in [1.54, 1.807) is 25.1 Å². The van der Waals surface area contributed by atoms with Crippen LogP contribution in [0.5, 0.6) is 0 Å². The van der Waals surface area contributed by atoms with Crippen molar-refractivity contribution in [2.45, 2.75) is 13.1 Å². The standard InChI is InChI=1S/C16H15F3N4S/c1-10(11-5-4-6-12(20)9-11)22-23-15(24)21-14-8-3-2-7-13(14)16(17,18)19/h2-9H,20H2,1H3,(H2,21,23,24)/b22-10-. The number of halogens is 3. The van der Waals surface area contributed by atoms with E-state index in [2.05, 4.69) is 15.8 Å². The van der Waals surface area contributed by atoms with Crippen molar-refractivity contribution in [3.8, 4) is 0 Å². The molecule has 0 fully saturated rings. The molecule has 4 N–H and O–H groups in total. The zero-order valence-electron chi connectivity index (χ0n) is 12.7. The lowest BCUT2D eigenvalue weighted by molar-refractivity contribution is -0.136. The molecule has 8 heteroatoms. The highest BCUT2D eigenvalue weighted by atomic mass is 32.1. The number of hydrazone groups is 1. The van der Waals surface area contributed by atoms with Crippen molar-refractivity contribution >= 4 is 34.4 Å². The van der Waals surface area contributed by atoms with Crippen molar-refractivity contribution in [2.24, 2.45) is 5.10 Å². The molecule has 126 valence electrons. The van der Waals surface area contributed by atoms with Crippen LogP contribution in [0, 0.1) is 0 Å². The van der Waals surface area contributed by atoms with E-state index in [-0.39, 0.29) is 10.8 Å². The summed E-state index contributed by atoms with van der Waals surface area (Å²) in [4.78, 5) is 0. The van der Waals surface area contributed by atoms with Gasteiger partial charge >= 0.3 is 6.18 Å². The average molecular weight is 352 g/mol. The monoisotopic (exact) mass is 352 g/mol. The second-order valence-electron chi connectivity index (χ2n) is 4.93. The lowest BCUT2D eigenvalue weighted by Gasteiger charge is -2.14. The Morgan fingerprint density at radius 3 is 2.50 bits per heavy atom. The number of nitrogen functional groups attached to an aromatic ring is 1. The van der Waals surface area contributed by atoms with E-state index in [9.17, 15) is 13.2 Å². The number of nitrogens with zero attached hydrogens (tertiary/aromatic N) is 1. The Labute approximate surface area is 142 Å². The quantitative estimate of drug-likeness (QED) is 0.338. The Hall–Kier alpha value is -2.61. The van der Waals surface area contributed by atoms with Crippen LogP contribution >= 0.6 is 12.2 Å². The first-order valence-electron chi connectivity index (χ1n) is 6.91. The van der Waals surface area contributed by atoms with E-state index in [0.29, 0.717) is 11.4 Å². The van der Waals surface area contributed by atoms with E-state index < -0.39 is 11.7 Å². The summed E-state index contributed by atoms with van der Waals surface area (Å²) in [5.41, 5.74) is 9.24. The molecule has 0 aliphatic rings. The number of rotatable bonds is 3. The molecule has 0 radical (unpaired) electrons. The lowest BCUT2D eigenvalue weighted by atomic mass is 10.1. The average Bonchev–Trinajstić information content (AvgIpc) is 2.52. The van der Waals surface area contributed by atoms with Crippen LogP contribution in [0.25, 0.3) is 0 Å². The van der Waals surface area contributed by atoms with Crippen LogP contribution in [0.4, 0.5) is 24.5 Å². The third-order valence-corrected chi connectivity index (χ3v) is 3.30. The molecule has 0 spiro atoms. The molecular weight excluding hydrogens is 337 g/mol. The van der Waals surface area contributed by atoms with Gasteiger partial charge in [0.05, 0.1) is 17.0 Å². The highest BCUT2D eigenvalue weighted by molar-refractivity contribution is 7.80. The maximum Gasteiger partial charge on any atom is 0.418 e. The third-order valence-electron chi connectivity index (χ3n) is 3.11. The molecule has 24 heavy (non-hydrogen) atoms. The predicted octanol–water partition coefficient (Wildman–Crippen LogP) is 4.00. The summed E-state index contributed by atoms with van der Waals surface area (Å²) in [5.74, 6) is 0. The van der Waals surface area contributed by atoms with Crippen molar-refractivity contribution < 1.29 is 13.2 Å². The van der Waals surface area contributed by atoms with Crippen LogP contribution in [0.1, 0.15) is 18.1 Å². The molecule has 4 nitrogen and oxygen atoms in total. The summed E-state index contributed by atoms with van der Waals surface area (Å²) in [6.07, 6.45) is -4.47. The number of nitrogens with one attached hydrogen (secondary N) is 2. The van der Waals surface area contributed by atoms with Gasteiger partial charge in [-0.1, -0.05) is 24.3 Å². The van der Waals surface area contributed by atoms with Crippen molar-refractivity contribution in [3.63, 3.8) is 0 Å². The smallest absolute Gasteiger partial charge is 0.399 e. The van der Waals surface area contributed by atoms with Crippen molar-refractivity contribution in [3.05, 3.63) is 59.7 Å². The van der Waals surface area contributed by atoms with Gasteiger partial charge in [-0.15, -0.1) is 0 Å². The van der Waals surface area contributed by atoms with Gasteiger partial charge < -0.3 is 11.1 Å².